The normalized spacial score (nSPS) is 19.4. The SMILES string of the molecule is CCCCCCCCCCN1C(=O)CCCC1C(=O)O. The summed E-state index contributed by atoms with van der Waals surface area (Å²) in [6.45, 7) is 2.83. The van der Waals surface area contributed by atoms with E-state index in [4.69, 9.17) is 5.11 Å². The van der Waals surface area contributed by atoms with Crippen molar-refractivity contribution >= 4 is 11.9 Å². The van der Waals surface area contributed by atoms with Gasteiger partial charge in [0.15, 0.2) is 0 Å². The number of piperidine rings is 1. The molecule has 0 aromatic rings. The highest BCUT2D eigenvalue weighted by Crippen LogP contribution is 2.19. The van der Waals surface area contributed by atoms with E-state index in [-0.39, 0.29) is 5.91 Å². The number of likely N-dealkylation sites (tertiary alicyclic amines) is 1. The minimum Gasteiger partial charge on any atom is -0.480 e. The Labute approximate surface area is 122 Å². The van der Waals surface area contributed by atoms with Crippen molar-refractivity contribution in [2.24, 2.45) is 0 Å². The van der Waals surface area contributed by atoms with Crippen LogP contribution in [-0.2, 0) is 9.59 Å². The molecule has 1 atom stereocenters. The van der Waals surface area contributed by atoms with Crippen LogP contribution in [0.4, 0.5) is 0 Å². The summed E-state index contributed by atoms with van der Waals surface area (Å²) in [6.07, 6.45) is 11.5. The Balaban J connectivity index is 2.15. The maximum atomic E-state index is 11.8. The lowest BCUT2D eigenvalue weighted by atomic mass is 10.0. The van der Waals surface area contributed by atoms with E-state index < -0.39 is 12.0 Å². The summed E-state index contributed by atoms with van der Waals surface area (Å²) >= 11 is 0. The summed E-state index contributed by atoms with van der Waals surface area (Å²) in [5.41, 5.74) is 0. The number of carboxylic acids is 1. The van der Waals surface area contributed by atoms with Gasteiger partial charge in [0.1, 0.15) is 6.04 Å². The zero-order valence-electron chi connectivity index (χ0n) is 12.8. The molecular weight excluding hydrogens is 254 g/mol. The van der Waals surface area contributed by atoms with Crippen molar-refractivity contribution in [2.45, 2.75) is 83.6 Å². The average Bonchev–Trinajstić information content (AvgIpc) is 2.43. The molecule has 4 heteroatoms. The molecule has 1 aliphatic rings. The van der Waals surface area contributed by atoms with Gasteiger partial charge < -0.3 is 10.0 Å². The number of carboxylic acid groups (broad SMARTS) is 1. The van der Waals surface area contributed by atoms with Crippen LogP contribution in [0.15, 0.2) is 0 Å². The lowest BCUT2D eigenvalue weighted by Gasteiger charge is -2.32. The number of aliphatic carboxylic acids is 1. The molecule has 0 aromatic carbocycles. The number of amides is 1. The first kappa shape index (κ1) is 17.0. The minimum absolute atomic E-state index is 0.0200. The van der Waals surface area contributed by atoms with Crippen LogP contribution in [0.5, 0.6) is 0 Å². The lowest BCUT2D eigenvalue weighted by molar-refractivity contribution is -0.153. The Morgan fingerprint density at radius 3 is 2.35 bits per heavy atom. The Hall–Kier alpha value is -1.06. The molecule has 1 aliphatic heterocycles. The van der Waals surface area contributed by atoms with E-state index in [9.17, 15) is 9.59 Å². The van der Waals surface area contributed by atoms with Crippen LogP contribution in [0.1, 0.15) is 77.6 Å². The van der Waals surface area contributed by atoms with Gasteiger partial charge in [0, 0.05) is 13.0 Å². The molecule has 1 amide bonds. The van der Waals surface area contributed by atoms with Crippen LogP contribution >= 0.6 is 0 Å². The number of nitrogens with zero attached hydrogens (tertiary/aromatic N) is 1. The van der Waals surface area contributed by atoms with Crippen LogP contribution in [0.25, 0.3) is 0 Å². The third kappa shape index (κ3) is 5.93. The van der Waals surface area contributed by atoms with Gasteiger partial charge in [0.2, 0.25) is 5.91 Å². The number of hydrogen-bond acceptors (Lipinski definition) is 2. The molecule has 20 heavy (non-hydrogen) atoms. The zero-order valence-corrected chi connectivity index (χ0v) is 12.8. The van der Waals surface area contributed by atoms with Crippen molar-refractivity contribution in [3.63, 3.8) is 0 Å². The number of unbranched alkanes of at least 4 members (excludes halogenated alkanes) is 7. The summed E-state index contributed by atoms with van der Waals surface area (Å²) in [7, 11) is 0. The smallest absolute Gasteiger partial charge is 0.326 e. The van der Waals surface area contributed by atoms with Crippen LogP contribution in [0.2, 0.25) is 0 Å². The molecule has 1 fully saturated rings. The van der Waals surface area contributed by atoms with Crippen molar-refractivity contribution in [3.8, 4) is 0 Å². The third-order valence-corrected chi connectivity index (χ3v) is 4.10. The predicted octanol–water partition coefficient (Wildman–Crippen LogP) is 3.59. The van der Waals surface area contributed by atoms with E-state index in [0.717, 1.165) is 12.8 Å². The molecule has 116 valence electrons. The molecule has 1 heterocycles. The second kappa shape index (κ2) is 9.78. The fraction of sp³-hybridized carbons (Fsp3) is 0.875. The standard InChI is InChI=1S/C16H29NO3/c1-2-3-4-5-6-7-8-9-13-17-14(16(19)20)11-10-12-15(17)18/h14H,2-13H2,1H3,(H,19,20). The second-order valence-electron chi connectivity index (χ2n) is 5.81. The maximum Gasteiger partial charge on any atom is 0.326 e. The summed E-state index contributed by atoms with van der Waals surface area (Å²) in [4.78, 5) is 24.5. The molecular formula is C16H29NO3. The van der Waals surface area contributed by atoms with Gasteiger partial charge in [-0.15, -0.1) is 0 Å². The predicted molar refractivity (Wildman–Crippen MR) is 79.6 cm³/mol. The lowest BCUT2D eigenvalue weighted by Crippen LogP contribution is -2.48. The van der Waals surface area contributed by atoms with E-state index in [1.54, 1.807) is 4.90 Å². The van der Waals surface area contributed by atoms with E-state index in [1.165, 1.54) is 38.5 Å². The van der Waals surface area contributed by atoms with Crippen molar-refractivity contribution in [2.75, 3.05) is 6.54 Å². The van der Waals surface area contributed by atoms with Crippen LogP contribution in [-0.4, -0.2) is 34.5 Å². The van der Waals surface area contributed by atoms with Gasteiger partial charge in [0.05, 0.1) is 0 Å². The van der Waals surface area contributed by atoms with Gasteiger partial charge in [0.25, 0.3) is 0 Å². The molecule has 1 rings (SSSR count). The Bertz CT molecular complexity index is 304. The third-order valence-electron chi connectivity index (χ3n) is 4.10. The molecule has 1 unspecified atom stereocenters. The average molecular weight is 283 g/mol. The molecule has 0 spiro atoms. The Morgan fingerprint density at radius 2 is 1.75 bits per heavy atom. The van der Waals surface area contributed by atoms with E-state index in [2.05, 4.69) is 6.92 Å². The van der Waals surface area contributed by atoms with Crippen molar-refractivity contribution in [1.29, 1.82) is 0 Å². The highest BCUT2D eigenvalue weighted by atomic mass is 16.4. The van der Waals surface area contributed by atoms with Crippen LogP contribution < -0.4 is 0 Å². The van der Waals surface area contributed by atoms with Gasteiger partial charge in [-0.05, 0) is 19.3 Å². The summed E-state index contributed by atoms with van der Waals surface area (Å²) in [6, 6.07) is -0.583. The summed E-state index contributed by atoms with van der Waals surface area (Å²) in [5, 5.41) is 9.16. The van der Waals surface area contributed by atoms with Crippen molar-refractivity contribution < 1.29 is 14.7 Å². The molecule has 0 aliphatic carbocycles. The fourth-order valence-electron chi connectivity index (χ4n) is 2.87. The number of carbonyl (C=O) groups excluding carboxylic acids is 1. The number of carbonyl (C=O) groups is 2. The first-order valence-corrected chi connectivity index (χ1v) is 8.19. The van der Waals surface area contributed by atoms with E-state index in [0.29, 0.717) is 25.8 Å². The molecule has 4 nitrogen and oxygen atoms in total. The quantitative estimate of drug-likeness (QED) is 0.623. The first-order valence-electron chi connectivity index (χ1n) is 8.19. The Morgan fingerprint density at radius 1 is 1.15 bits per heavy atom. The first-order chi connectivity index (χ1) is 9.66. The largest absolute Gasteiger partial charge is 0.480 e. The van der Waals surface area contributed by atoms with Gasteiger partial charge in [-0.1, -0.05) is 51.9 Å². The molecule has 0 aromatic heterocycles. The highest BCUT2D eigenvalue weighted by Gasteiger charge is 2.32. The highest BCUT2D eigenvalue weighted by molar-refractivity contribution is 5.84. The summed E-state index contributed by atoms with van der Waals surface area (Å²) < 4.78 is 0. The Kier molecular flexibility index (Phi) is 8.31. The molecule has 0 saturated carbocycles. The van der Waals surface area contributed by atoms with Gasteiger partial charge in [-0.25, -0.2) is 4.79 Å². The van der Waals surface area contributed by atoms with E-state index in [1.807, 2.05) is 0 Å². The summed E-state index contributed by atoms with van der Waals surface area (Å²) in [5.74, 6) is -0.829. The maximum absolute atomic E-state index is 11.8. The second-order valence-corrected chi connectivity index (χ2v) is 5.81. The fourth-order valence-corrected chi connectivity index (χ4v) is 2.87. The number of hydrogen-bond donors (Lipinski definition) is 1. The van der Waals surface area contributed by atoms with Gasteiger partial charge in [-0.3, -0.25) is 4.79 Å². The van der Waals surface area contributed by atoms with Crippen molar-refractivity contribution in [3.05, 3.63) is 0 Å². The zero-order chi connectivity index (χ0) is 14.8. The van der Waals surface area contributed by atoms with Crippen LogP contribution in [0, 0.1) is 0 Å². The minimum atomic E-state index is -0.849. The molecule has 0 bridgehead atoms. The molecule has 0 radical (unpaired) electrons. The molecule has 1 saturated heterocycles. The monoisotopic (exact) mass is 283 g/mol. The topological polar surface area (TPSA) is 57.6 Å². The van der Waals surface area contributed by atoms with Crippen LogP contribution in [0.3, 0.4) is 0 Å². The number of rotatable bonds is 10. The van der Waals surface area contributed by atoms with Gasteiger partial charge in [-0.2, -0.15) is 0 Å². The van der Waals surface area contributed by atoms with E-state index >= 15 is 0 Å². The van der Waals surface area contributed by atoms with Crippen molar-refractivity contribution in [1.82, 2.24) is 4.90 Å². The van der Waals surface area contributed by atoms with Gasteiger partial charge >= 0.3 is 5.97 Å². The molecule has 1 N–H and O–H groups in total.